The van der Waals surface area contributed by atoms with Gasteiger partial charge in [-0.1, -0.05) is 46.2 Å². The number of phenolic OH excluding ortho intramolecular Hbond substituents is 1. The summed E-state index contributed by atoms with van der Waals surface area (Å²) in [6.45, 7) is 7.54. The standard InChI is InChI=1S/C26H43N5O6/c1-5-16(4)22(26(36)37)31-24(34)20(14-17-9-11-18(32)12-10-17)30-23(33)19(8-6-7-13-27)29-25(35)21(28)15(2)3/h9-12,15-16,19-22,32H,5-8,13-14,27-28H2,1-4H3,(H,29,35)(H,30,33)(H,31,34)(H,36,37). The van der Waals surface area contributed by atoms with Crippen molar-refractivity contribution in [1.82, 2.24) is 16.0 Å². The summed E-state index contributed by atoms with van der Waals surface area (Å²) in [6.07, 6.45) is 2.06. The molecule has 11 nitrogen and oxygen atoms in total. The van der Waals surface area contributed by atoms with Crippen molar-refractivity contribution in [2.75, 3.05) is 6.54 Å². The Hall–Kier alpha value is -3.18. The molecule has 0 aromatic heterocycles. The first kappa shape index (κ1) is 31.8. The van der Waals surface area contributed by atoms with Gasteiger partial charge in [0.05, 0.1) is 6.04 Å². The molecule has 0 aliphatic heterocycles. The minimum Gasteiger partial charge on any atom is -0.508 e. The lowest BCUT2D eigenvalue weighted by Crippen LogP contribution is -2.58. The lowest BCUT2D eigenvalue weighted by atomic mass is 9.97. The predicted molar refractivity (Wildman–Crippen MR) is 140 cm³/mol. The van der Waals surface area contributed by atoms with Gasteiger partial charge in [0.1, 0.15) is 23.9 Å². The molecule has 37 heavy (non-hydrogen) atoms. The maximum atomic E-state index is 13.3. The smallest absolute Gasteiger partial charge is 0.326 e. The van der Waals surface area contributed by atoms with Gasteiger partial charge in [-0.15, -0.1) is 0 Å². The number of nitrogens with one attached hydrogen (secondary N) is 3. The molecule has 0 saturated carbocycles. The molecule has 11 heteroatoms. The highest BCUT2D eigenvalue weighted by molar-refractivity contribution is 5.94. The molecule has 0 fully saturated rings. The van der Waals surface area contributed by atoms with Crippen LogP contribution in [0.15, 0.2) is 24.3 Å². The molecule has 3 amide bonds. The van der Waals surface area contributed by atoms with Crippen molar-refractivity contribution in [2.24, 2.45) is 23.3 Å². The van der Waals surface area contributed by atoms with Gasteiger partial charge in [0.15, 0.2) is 0 Å². The van der Waals surface area contributed by atoms with Crippen LogP contribution < -0.4 is 27.4 Å². The highest BCUT2D eigenvalue weighted by Crippen LogP contribution is 2.14. The van der Waals surface area contributed by atoms with Crippen molar-refractivity contribution >= 4 is 23.7 Å². The van der Waals surface area contributed by atoms with Gasteiger partial charge in [0, 0.05) is 6.42 Å². The second kappa shape index (κ2) is 15.8. The van der Waals surface area contributed by atoms with E-state index in [4.69, 9.17) is 11.5 Å². The predicted octanol–water partition coefficient (Wildman–Crippen LogP) is 0.632. The van der Waals surface area contributed by atoms with Crippen LogP contribution in [0.1, 0.15) is 58.9 Å². The van der Waals surface area contributed by atoms with E-state index >= 15 is 0 Å². The number of carboxylic acids is 1. The molecule has 0 bridgehead atoms. The van der Waals surface area contributed by atoms with E-state index in [1.165, 1.54) is 12.1 Å². The SMILES string of the molecule is CCC(C)C(NC(=O)C(Cc1ccc(O)cc1)NC(=O)C(CCCCN)NC(=O)C(N)C(C)C)C(=O)O. The third-order valence-corrected chi connectivity index (χ3v) is 6.39. The lowest BCUT2D eigenvalue weighted by Gasteiger charge is -2.27. The second-order valence-electron chi connectivity index (χ2n) is 9.76. The monoisotopic (exact) mass is 521 g/mol. The average Bonchev–Trinajstić information content (AvgIpc) is 2.85. The quantitative estimate of drug-likeness (QED) is 0.154. The normalized spacial score (nSPS) is 15.2. The molecule has 0 radical (unpaired) electrons. The minimum absolute atomic E-state index is 0.0413. The van der Waals surface area contributed by atoms with Crippen LogP contribution in [0, 0.1) is 11.8 Å². The Balaban J connectivity index is 3.18. The zero-order chi connectivity index (χ0) is 28.1. The number of rotatable bonds is 16. The van der Waals surface area contributed by atoms with E-state index in [2.05, 4.69) is 16.0 Å². The Labute approximate surface area is 218 Å². The van der Waals surface area contributed by atoms with Gasteiger partial charge < -0.3 is 37.6 Å². The average molecular weight is 522 g/mol. The van der Waals surface area contributed by atoms with Gasteiger partial charge in [-0.25, -0.2) is 4.79 Å². The summed E-state index contributed by atoms with van der Waals surface area (Å²) in [6, 6.07) is 2.08. The Kier molecular flexibility index (Phi) is 13.6. The highest BCUT2D eigenvalue weighted by atomic mass is 16.4. The lowest BCUT2D eigenvalue weighted by molar-refractivity contribution is -0.143. The first-order valence-corrected chi connectivity index (χ1v) is 12.8. The zero-order valence-electron chi connectivity index (χ0n) is 22.2. The number of carbonyl (C=O) groups is 4. The number of carboxylic acid groups (broad SMARTS) is 1. The van der Waals surface area contributed by atoms with Gasteiger partial charge >= 0.3 is 5.97 Å². The van der Waals surface area contributed by atoms with Crippen molar-refractivity contribution in [1.29, 1.82) is 0 Å². The number of carbonyl (C=O) groups excluding carboxylic acids is 3. The summed E-state index contributed by atoms with van der Waals surface area (Å²) in [5, 5.41) is 27.1. The molecule has 5 atom stereocenters. The number of amides is 3. The van der Waals surface area contributed by atoms with Crippen LogP contribution in [0.25, 0.3) is 0 Å². The number of hydrogen-bond acceptors (Lipinski definition) is 7. The van der Waals surface area contributed by atoms with Crippen molar-refractivity contribution in [2.45, 2.75) is 84.0 Å². The number of aliphatic carboxylic acids is 1. The zero-order valence-corrected chi connectivity index (χ0v) is 22.2. The number of nitrogens with two attached hydrogens (primary N) is 2. The summed E-state index contributed by atoms with van der Waals surface area (Å²) in [5.41, 5.74) is 12.2. The first-order valence-electron chi connectivity index (χ1n) is 12.8. The van der Waals surface area contributed by atoms with Gasteiger partial charge in [0.2, 0.25) is 17.7 Å². The molecule has 1 aromatic carbocycles. The minimum atomic E-state index is -1.17. The van der Waals surface area contributed by atoms with Crippen LogP contribution in [0.3, 0.4) is 0 Å². The number of aromatic hydroxyl groups is 1. The molecule has 1 rings (SSSR count). The molecule has 1 aromatic rings. The van der Waals surface area contributed by atoms with Crippen LogP contribution >= 0.6 is 0 Å². The topological polar surface area (TPSA) is 197 Å². The second-order valence-corrected chi connectivity index (χ2v) is 9.76. The molecule has 208 valence electrons. The van der Waals surface area contributed by atoms with E-state index < -0.39 is 47.9 Å². The molecule has 0 aliphatic carbocycles. The first-order chi connectivity index (χ1) is 17.4. The van der Waals surface area contributed by atoms with Crippen molar-refractivity contribution in [3.05, 3.63) is 29.8 Å². The summed E-state index contributed by atoms with van der Waals surface area (Å²) in [7, 11) is 0. The molecule has 9 N–H and O–H groups in total. The number of benzene rings is 1. The van der Waals surface area contributed by atoms with Gasteiger partial charge in [-0.2, -0.15) is 0 Å². The van der Waals surface area contributed by atoms with Crippen LogP contribution in [0.2, 0.25) is 0 Å². The summed E-state index contributed by atoms with van der Waals surface area (Å²) >= 11 is 0. The summed E-state index contributed by atoms with van der Waals surface area (Å²) in [5.74, 6) is -3.35. The van der Waals surface area contributed by atoms with Crippen LogP contribution in [-0.2, 0) is 25.6 Å². The van der Waals surface area contributed by atoms with Crippen LogP contribution in [0.4, 0.5) is 0 Å². The fraction of sp³-hybridized carbons (Fsp3) is 0.615. The molecular weight excluding hydrogens is 478 g/mol. The van der Waals surface area contributed by atoms with Gasteiger partial charge in [0.25, 0.3) is 0 Å². The molecule has 0 saturated heterocycles. The Morgan fingerprint density at radius 1 is 0.892 bits per heavy atom. The Bertz CT molecular complexity index is 892. The number of hydrogen-bond donors (Lipinski definition) is 7. The third kappa shape index (κ3) is 10.8. The van der Waals surface area contributed by atoms with Crippen molar-refractivity contribution < 1.29 is 29.4 Å². The summed E-state index contributed by atoms with van der Waals surface area (Å²) in [4.78, 5) is 50.9. The maximum Gasteiger partial charge on any atom is 0.326 e. The van der Waals surface area contributed by atoms with E-state index in [-0.39, 0.29) is 30.4 Å². The van der Waals surface area contributed by atoms with E-state index in [1.54, 1.807) is 32.9 Å². The van der Waals surface area contributed by atoms with E-state index in [0.717, 1.165) is 0 Å². The van der Waals surface area contributed by atoms with Gasteiger partial charge in [-0.3, -0.25) is 14.4 Å². The molecule has 0 spiro atoms. The Morgan fingerprint density at radius 2 is 1.46 bits per heavy atom. The van der Waals surface area contributed by atoms with Gasteiger partial charge in [-0.05, 0) is 55.3 Å². The van der Waals surface area contributed by atoms with E-state index in [0.29, 0.717) is 31.4 Å². The summed E-state index contributed by atoms with van der Waals surface area (Å²) < 4.78 is 0. The molecule has 0 aliphatic rings. The number of phenols is 1. The van der Waals surface area contributed by atoms with Crippen molar-refractivity contribution in [3.8, 4) is 5.75 Å². The van der Waals surface area contributed by atoms with Crippen LogP contribution in [0.5, 0.6) is 5.75 Å². The van der Waals surface area contributed by atoms with E-state index in [1.807, 2.05) is 6.92 Å². The van der Waals surface area contributed by atoms with Crippen molar-refractivity contribution in [3.63, 3.8) is 0 Å². The van der Waals surface area contributed by atoms with Crippen LogP contribution in [-0.4, -0.2) is 64.6 Å². The fourth-order valence-corrected chi connectivity index (χ4v) is 3.62. The molecule has 5 unspecified atom stereocenters. The van der Waals surface area contributed by atoms with E-state index in [9.17, 15) is 29.4 Å². The maximum absolute atomic E-state index is 13.3. The molecular formula is C26H43N5O6. The largest absolute Gasteiger partial charge is 0.508 e. The number of unbranched alkanes of at least 4 members (excludes halogenated alkanes) is 1. The third-order valence-electron chi connectivity index (χ3n) is 6.39. The highest BCUT2D eigenvalue weighted by Gasteiger charge is 2.32. The fourth-order valence-electron chi connectivity index (χ4n) is 3.62. The Morgan fingerprint density at radius 3 is 1.97 bits per heavy atom. The molecule has 0 heterocycles.